The van der Waals surface area contributed by atoms with E-state index in [-0.39, 0.29) is 6.04 Å². The molecule has 0 spiro atoms. The zero-order valence-corrected chi connectivity index (χ0v) is 13.0. The van der Waals surface area contributed by atoms with Crippen LogP contribution in [0.4, 0.5) is 0 Å². The van der Waals surface area contributed by atoms with Gasteiger partial charge in [-0.25, -0.2) is 5.43 Å². The lowest BCUT2D eigenvalue weighted by atomic mass is 9.80. The SMILES string of the molecule is NNC(c1ccc(C2CCC2)cc1)c1ncc(Cl)cc1Cl. The number of hydrogen-bond donors (Lipinski definition) is 2. The van der Waals surface area contributed by atoms with Crippen LogP contribution in [-0.4, -0.2) is 4.98 Å². The molecule has 5 heteroatoms. The van der Waals surface area contributed by atoms with Gasteiger partial charge in [0, 0.05) is 6.20 Å². The quantitative estimate of drug-likeness (QED) is 0.655. The summed E-state index contributed by atoms with van der Waals surface area (Å²) in [4.78, 5) is 4.30. The van der Waals surface area contributed by atoms with E-state index in [1.807, 2.05) is 0 Å². The summed E-state index contributed by atoms with van der Waals surface area (Å²) >= 11 is 12.1. The fraction of sp³-hybridized carbons (Fsp3) is 0.312. The van der Waals surface area contributed by atoms with E-state index in [9.17, 15) is 0 Å². The Hall–Kier alpha value is -1.13. The normalized spacial score (nSPS) is 16.5. The average Bonchev–Trinajstić information content (AvgIpc) is 2.42. The number of nitrogens with zero attached hydrogens (tertiary/aromatic N) is 1. The first-order valence-corrected chi connectivity index (χ1v) is 7.81. The second-order valence-corrected chi connectivity index (χ2v) is 6.26. The van der Waals surface area contributed by atoms with Crippen molar-refractivity contribution >= 4 is 23.2 Å². The Morgan fingerprint density at radius 2 is 1.90 bits per heavy atom. The van der Waals surface area contributed by atoms with Crippen molar-refractivity contribution in [1.82, 2.24) is 10.4 Å². The molecule has 1 aliphatic rings. The Kier molecular flexibility index (Phi) is 4.45. The van der Waals surface area contributed by atoms with E-state index in [4.69, 9.17) is 29.0 Å². The molecule has 1 atom stereocenters. The van der Waals surface area contributed by atoms with Gasteiger partial charge >= 0.3 is 0 Å². The lowest BCUT2D eigenvalue weighted by Gasteiger charge is -2.26. The Labute approximate surface area is 134 Å². The Balaban J connectivity index is 1.88. The van der Waals surface area contributed by atoms with E-state index in [2.05, 4.69) is 34.7 Å². The van der Waals surface area contributed by atoms with Gasteiger partial charge in [-0.05, 0) is 36.0 Å². The van der Waals surface area contributed by atoms with E-state index in [0.717, 1.165) is 11.5 Å². The first-order valence-electron chi connectivity index (χ1n) is 7.06. The molecule has 3 rings (SSSR count). The molecule has 1 heterocycles. The van der Waals surface area contributed by atoms with Crippen molar-refractivity contribution in [2.24, 2.45) is 5.84 Å². The molecule has 1 saturated carbocycles. The third-order valence-electron chi connectivity index (χ3n) is 4.12. The van der Waals surface area contributed by atoms with Crippen LogP contribution in [0.25, 0.3) is 0 Å². The monoisotopic (exact) mass is 321 g/mol. The molecule has 1 aromatic heterocycles. The number of rotatable bonds is 4. The second-order valence-electron chi connectivity index (χ2n) is 5.41. The van der Waals surface area contributed by atoms with Gasteiger partial charge < -0.3 is 0 Å². The van der Waals surface area contributed by atoms with Crippen molar-refractivity contribution < 1.29 is 0 Å². The van der Waals surface area contributed by atoms with Gasteiger partial charge in [-0.2, -0.15) is 0 Å². The number of halogens is 2. The largest absolute Gasteiger partial charge is 0.271 e. The maximum atomic E-state index is 6.22. The predicted molar refractivity (Wildman–Crippen MR) is 86.5 cm³/mol. The number of aromatic nitrogens is 1. The van der Waals surface area contributed by atoms with Gasteiger partial charge in [-0.3, -0.25) is 10.8 Å². The van der Waals surface area contributed by atoms with Crippen molar-refractivity contribution in [1.29, 1.82) is 0 Å². The number of nitrogens with two attached hydrogens (primary N) is 1. The molecule has 0 radical (unpaired) electrons. The third kappa shape index (κ3) is 3.06. The number of hydrogen-bond acceptors (Lipinski definition) is 3. The van der Waals surface area contributed by atoms with Gasteiger partial charge in [0.15, 0.2) is 0 Å². The molecule has 1 aromatic carbocycles. The summed E-state index contributed by atoms with van der Waals surface area (Å²) in [5.41, 5.74) is 5.90. The summed E-state index contributed by atoms with van der Waals surface area (Å²) in [6.45, 7) is 0. The van der Waals surface area contributed by atoms with Gasteiger partial charge in [-0.1, -0.05) is 53.9 Å². The molecule has 0 aliphatic heterocycles. The Bertz CT molecular complexity index is 624. The van der Waals surface area contributed by atoms with Crippen LogP contribution in [0.15, 0.2) is 36.5 Å². The minimum atomic E-state index is -0.245. The lowest BCUT2D eigenvalue weighted by molar-refractivity contribution is 0.419. The van der Waals surface area contributed by atoms with Gasteiger partial charge in [0.05, 0.1) is 21.8 Å². The average molecular weight is 322 g/mol. The zero-order chi connectivity index (χ0) is 14.8. The number of benzene rings is 1. The highest BCUT2D eigenvalue weighted by Gasteiger charge is 2.21. The molecule has 1 aliphatic carbocycles. The van der Waals surface area contributed by atoms with E-state index in [0.29, 0.717) is 15.7 Å². The first-order chi connectivity index (χ1) is 10.2. The molecule has 21 heavy (non-hydrogen) atoms. The topological polar surface area (TPSA) is 50.9 Å². The van der Waals surface area contributed by atoms with E-state index in [1.165, 1.54) is 24.8 Å². The standard InChI is InChI=1S/C16H17Cl2N3/c17-13-8-14(18)16(20-9-13)15(21-19)12-6-4-11(5-7-12)10-2-1-3-10/h4-10,15,21H,1-3,19H2. The van der Waals surface area contributed by atoms with E-state index >= 15 is 0 Å². The molecular weight excluding hydrogens is 305 g/mol. The van der Waals surface area contributed by atoms with Crippen LogP contribution in [0.3, 0.4) is 0 Å². The van der Waals surface area contributed by atoms with Crippen LogP contribution in [0.5, 0.6) is 0 Å². The second kappa shape index (κ2) is 6.32. The number of hydrazine groups is 1. The van der Waals surface area contributed by atoms with Crippen molar-refractivity contribution in [3.63, 3.8) is 0 Å². The molecule has 2 aromatic rings. The minimum absolute atomic E-state index is 0.245. The van der Waals surface area contributed by atoms with Crippen LogP contribution in [-0.2, 0) is 0 Å². The maximum Gasteiger partial charge on any atom is 0.0896 e. The number of nitrogens with one attached hydrogen (secondary N) is 1. The summed E-state index contributed by atoms with van der Waals surface area (Å²) in [5, 5.41) is 1.02. The van der Waals surface area contributed by atoms with Crippen molar-refractivity contribution in [3.05, 3.63) is 63.4 Å². The highest BCUT2D eigenvalue weighted by atomic mass is 35.5. The summed E-state index contributed by atoms with van der Waals surface area (Å²) in [7, 11) is 0. The highest BCUT2D eigenvalue weighted by Crippen LogP contribution is 2.37. The maximum absolute atomic E-state index is 6.22. The van der Waals surface area contributed by atoms with E-state index in [1.54, 1.807) is 12.3 Å². The van der Waals surface area contributed by atoms with Crippen LogP contribution in [0, 0.1) is 0 Å². The molecule has 1 fully saturated rings. The van der Waals surface area contributed by atoms with Crippen molar-refractivity contribution in [3.8, 4) is 0 Å². The van der Waals surface area contributed by atoms with Gasteiger partial charge in [0.2, 0.25) is 0 Å². The molecular formula is C16H17Cl2N3. The smallest absolute Gasteiger partial charge is 0.0896 e. The van der Waals surface area contributed by atoms with Crippen LogP contribution >= 0.6 is 23.2 Å². The number of pyridine rings is 1. The predicted octanol–water partition coefficient (Wildman–Crippen LogP) is 4.21. The minimum Gasteiger partial charge on any atom is -0.271 e. The van der Waals surface area contributed by atoms with Crippen molar-refractivity contribution in [2.75, 3.05) is 0 Å². The molecule has 1 unspecified atom stereocenters. The van der Waals surface area contributed by atoms with Gasteiger partial charge in [0.25, 0.3) is 0 Å². The van der Waals surface area contributed by atoms with Crippen LogP contribution < -0.4 is 11.3 Å². The highest BCUT2D eigenvalue weighted by molar-refractivity contribution is 6.34. The molecule has 3 nitrogen and oxygen atoms in total. The lowest BCUT2D eigenvalue weighted by Crippen LogP contribution is -2.29. The zero-order valence-electron chi connectivity index (χ0n) is 11.5. The summed E-state index contributed by atoms with van der Waals surface area (Å²) < 4.78 is 0. The third-order valence-corrected chi connectivity index (χ3v) is 4.63. The molecule has 0 bridgehead atoms. The molecule has 0 saturated heterocycles. The molecule has 110 valence electrons. The molecule has 3 N–H and O–H groups in total. The van der Waals surface area contributed by atoms with Crippen LogP contribution in [0.1, 0.15) is 48.0 Å². The Morgan fingerprint density at radius 3 is 2.43 bits per heavy atom. The molecule has 0 amide bonds. The fourth-order valence-electron chi connectivity index (χ4n) is 2.67. The van der Waals surface area contributed by atoms with E-state index < -0.39 is 0 Å². The summed E-state index contributed by atoms with van der Waals surface area (Å²) in [6, 6.07) is 9.96. The van der Waals surface area contributed by atoms with Crippen LogP contribution in [0.2, 0.25) is 10.0 Å². The Morgan fingerprint density at radius 1 is 1.19 bits per heavy atom. The van der Waals surface area contributed by atoms with Gasteiger partial charge in [-0.15, -0.1) is 0 Å². The summed E-state index contributed by atoms with van der Waals surface area (Å²) in [6.07, 6.45) is 5.50. The van der Waals surface area contributed by atoms with Crippen molar-refractivity contribution in [2.45, 2.75) is 31.2 Å². The van der Waals surface area contributed by atoms with Gasteiger partial charge in [0.1, 0.15) is 0 Å². The summed E-state index contributed by atoms with van der Waals surface area (Å²) in [5.74, 6) is 6.42. The fourth-order valence-corrected chi connectivity index (χ4v) is 3.16. The first kappa shape index (κ1) is 14.8.